The normalized spacial score (nSPS) is 11.2. The number of nitrogens with zero attached hydrogens (tertiary/aromatic N) is 1. The van der Waals surface area contributed by atoms with Crippen LogP contribution in [0.25, 0.3) is 15.9 Å². The number of halogens is 2. The molecule has 102 valence electrons. The summed E-state index contributed by atoms with van der Waals surface area (Å²) in [6, 6.07) is 4.68. The van der Waals surface area contributed by atoms with Gasteiger partial charge in [0, 0.05) is 0 Å². The molecule has 20 heavy (non-hydrogen) atoms. The number of H-pyrrole nitrogens is 1. The summed E-state index contributed by atoms with van der Waals surface area (Å²) in [7, 11) is 0. The molecule has 0 aliphatic rings. The Hall–Kier alpha value is -1.31. The van der Waals surface area contributed by atoms with Gasteiger partial charge in [0.05, 0.1) is 15.5 Å². The van der Waals surface area contributed by atoms with Gasteiger partial charge >= 0.3 is 0 Å². The van der Waals surface area contributed by atoms with Crippen LogP contribution in [0.2, 0.25) is 0 Å². The Balaban J connectivity index is 2.44. The number of aryl methyl sites for hydroxylation is 1. The average Bonchev–Trinajstić information content (AvgIpc) is 2.83. The van der Waals surface area contributed by atoms with Crippen LogP contribution >= 0.6 is 39.5 Å². The van der Waals surface area contributed by atoms with E-state index >= 15 is 0 Å². The molecule has 1 N–H and O–H groups in total. The number of rotatable bonds is 1. The molecule has 0 atom stereocenters. The molecule has 0 aliphatic heterocycles. The number of fused-ring (bicyclic) bond motifs is 1. The van der Waals surface area contributed by atoms with E-state index in [9.17, 15) is 9.18 Å². The zero-order valence-electron chi connectivity index (χ0n) is 10.2. The summed E-state index contributed by atoms with van der Waals surface area (Å²) in [6.45, 7) is 1.74. The highest BCUT2D eigenvalue weighted by Gasteiger charge is 2.12. The van der Waals surface area contributed by atoms with Crippen LogP contribution in [0.5, 0.6) is 0 Å². The smallest absolute Gasteiger partial charge is 0.267 e. The van der Waals surface area contributed by atoms with Gasteiger partial charge in [-0.3, -0.25) is 9.36 Å². The number of hydrogen-bond donors (Lipinski definition) is 1. The fraction of sp³-hybridized carbons (Fsp3) is 0.0769. The Morgan fingerprint density at radius 3 is 2.95 bits per heavy atom. The van der Waals surface area contributed by atoms with Crippen molar-refractivity contribution in [2.24, 2.45) is 0 Å². The molecular formula is C13H8BrFN2OS2. The maximum absolute atomic E-state index is 13.5. The zero-order chi connectivity index (χ0) is 14.4. The van der Waals surface area contributed by atoms with Gasteiger partial charge in [0.15, 0.2) is 4.77 Å². The van der Waals surface area contributed by atoms with Crippen molar-refractivity contribution >= 4 is 49.7 Å². The molecule has 3 rings (SSSR count). The molecule has 0 fully saturated rings. The van der Waals surface area contributed by atoms with Crippen LogP contribution < -0.4 is 5.56 Å². The van der Waals surface area contributed by atoms with Crippen LogP contribution in [-0.4, -0.2) is 9.55 Å². The SMILES string of the molecule is Cc1cc(F)c(Br)cc1-n1c(=S)[nH]c2sccc2c1=O. The predicted molar refractivity (Wildman–Crippen MR) is 85.0 cm³/mol. The lowest BCUT2D eigenvalue weighted by Gasteiger charge is -2.10. The number of aromatic amines is 1. The van der Waals surface area contributed by atoms with E-state index in [1.54, 1.807) is 19.1 Å². The van der Waals surface area contributed by atoms with Crippen molar-refractivity contribution in [3.8, 4) is 5.69 Å². The van der Waals surface area contributed by atoms with E-state index in [1.165, 1.54) is 22.0 Å². The highest BCUT2D eigenvalue weighted by Crippen LogP contribution is 2.24. The molecule has 0 saturated carbocycles. The summed E-state index contributed by atoms with van der Waals surface area (Å²) < 4.78 is 15.5. The Kier molecular flexibility index (Phi) is 3.35. The fourth-order valence-electron chi connectivity index (χ4n) is 2.04. The maximum Gasteiger partial charge on any atom is 0.267 e. The van der Waals surface area contributed by atoms with Crippen LogP contribution in [0.4, 0.5) is 4.39 Å². The minimum Gasteiger partial charge on any atom is -0.323 e. The molecule has 0 aliphatic carbocycles. The molecule has 7 heteroatoms. The summed E-state index contributed by atoms with van der Waals surface area (Å²) in [6.07, 6.45) is 0. The molecule has 3 nitrogen and oxygen atoms in total. The first-order valence-corrected chi connectivity index (χ1v) is 7.75. The molecule has 0 spiro atoms. The second-order valence-corrected chi connectivity index (χ2v) is 6.44. The van der Waals surface area contributed by atoms with E-state index < -0.39 is 0 Å². The molecule has 0 bridgehead atoms. The van der Waals surface area contributed by atoms with E-state index in [2.05, 4.69) is 20.9 Å². The van der Waals surface area contributed by atoms with Crippen LogP contribution in [0.15, 0.2) is 32.8 Å². The number of thiophene rings is 1. The highest BCUT2D eigenvalue weighted by molar-refractivity contribution is 9.10. The van der Waals surface area contributed by atoms with Gasteiger partial charge in [-0.05, 0) is 64.2 Å². The Morgan fingerprint density at radius 1 is 1.45 bits per heavy atom. The third kappa shape index (κ3) is 2.06. The van der Waals surface area contributed by atoms with Gasteiger partial charge in [-0.15, -0.1) is 11.3 Å². The molecule has 0 saturated heterocycles. The lowest BCUT2D eigenvalue weighted by Crippen LogP contribution is -2.20. The van der Waals surface area contributed by atoms with Gasteiger partial charge in [-0.2, -0.15) is 0 Å². The van der Waals surface area contributed by atoms with Crippen LogP contribution in [-0.2, 0) is 0 Å². The minimum absolute atomic E-state index is 0.202. The van der Waals surface area contributed by atoms with Crippen molar-refractivity contribution in [1.82, 2.24) is 9.55 Å². The zero-order valence-corrected chi connectivity index (χ0v) is 13.5. The summed E-state index contributed by atoms with van der Waals surface area (Å²) >= 11 is 9.82. The van der Waals surface area contributed by atoms with Crippen molar-refractivity contribution in [2.75, 3.05) is 0 Å². The van der Waals surface area contributed by atoms with E-state index in [1.807, 2.05) is 5.38 Å². The minimum atomic E-state index is -0.370. The van der Waals surface area contributed by atoms with Gasteiger partial charge in [-0.25, -0.2) is 4.39 Å². The quantitative estimate of drug-likeness (QED) is 0.647. The summed E-state index contributed by atoms with van der Waals surface area (Å²) in [5.74, 6) is -0.370. The first-order chi connectivity index (χ1) is 9.49. The molecule has 0 unspecified atom stereocenters. The average molecular weight is 371 g/mol. The molecular weight excluding hydrogens is 363 g/mol. The molecule has 0 radical (unpaired) electrons. The summed E-state index contributed by atoms with van der Waals surface area (Å²) in [5, 5.41) is 2.40. The summed E-state index contributed by atoms with van der Waals surface area (Å²) in [4.78, 5) is 16.3. The van der Waals surface area contributed by atoms with Gasteiger partial charge in [0.25, 0.3) is 5.56 Å². The number of nitrogens with one attached hydrogen (secondary N) is 1. The second kappa shape index (κ2) is 4.91. The largest absolute Gasteiger partial charge is 0.323 e. The number of hydrogen-bond acceptors (Lipinski definition) is 3. The van der Waals surface area contributed by atoms with Gasteiger partial charge in [-0.1, -0.05) is 0 Å². The third-order valence-electron chi connectivity index (χ3n) is 3.00. The van der Waals surface area contributed by atoms with E-state index in [0.717, 1.165) is 4.83 Å². The number of benzene rings is 1. The summed E-state index contributed by atoms with van der Waals surface area (Å²) in [5.41, 5.74) is 1.01. The lowest BCUT2D eigenvalue weighted by atomic mass is 10.2. The monoisotopic (exact) mass is 370 g/mol. The van der Waals surface area contributed by atoms with Crippen LogP contribution in [0.1, 0.15) is 5.56 Å². The standard InChI is InChI=1S/C13H8BrFN2OS2/c1-6-4-9(15)8(14)5-10(6)17-12(18)7-2-3-20-11(7)16-13(17)19/h2-5H,1H3,(H,16,19). The lowest BCUT2D eigenvalue weighted by molar-refractivity contribution is 0.619. The first kappa shape index (κ1) is 13.7. The highest BCUT2D eigenvalue weighted by atomic mass is 79.9. The van der Waals surface area contributed by atoms with Crippen molar-refractivity contribution in [3.63, 3.8) is 0 Å². The van der Waals surface area contributed by atoms with Crippen LogP contribution in [0.3, 0.4) is 0 Å². The molecule has 2 aromatic heterocycles. The molecule has 2 heterocycles. The van der Waals surface area contributed by atoms with E-state index in [0.29, 0.717) is 25.9 Å². The Bertz CT molecular complexity index is 942. The van der Waals surface area contributed by atoms with Crippen molar-refractivity contribution in [2.45, 2.75) is 6.92 Å². The van der Waals surface area contributed by atoms with Gasteiger partial charge < -0.3 is 4.98 Å². The van der Waals surface area contributed by atoms with E-state index in [4.69, 9.17) is 12.2 Å². The molecule has 0 amide bonds. The molecule has 1 aromatic carbocycles. The maximum atomic E-state index is 13.5. The Morgan fingerprint density at radius 2 is 2.20 bits per heavy atom. The fourth-order valence-corrected chi connectivity index (χ4v) is 3.49. The van der Waals surface area contributed by atoms with Crippen molar-refractivity contribution in [3.05, 3.63) is 54.6 Å². The van der Waals surface area contributed by atoms with Gasteiger partial charge in [0.1, 0.15) is 10.6 Å². The Labute approximate surface area is 130 Å². The van der Waals surface area contributed by atoms with Gasteiger partial charge in [0.2, 0.25) is 0 Å². The second-order valence-electron chi connectivity index (χ2n) is 4.29. The predicted octanol–water partition coefficient (Wildman–Crippen LogP) is 4.32. The van der Waals surface area contributed by atoms with E-state index in [-0.39, 0.29) is 11.4 Å². The topological polar surface area (TPSA) is 37.8 Å². The third-order valence-corrected chi connectivity index (χ3v) is 4.72. The van der Waals surface area contributed by atoms with Crippen molar-refractivity contribution in [1.29, 1.82) is 0 Å². The number of aromatic nitrogens is 2. The van der Waals surface area contributed by atoms with Crippen molar-refractivity contribution < 1.29 is 4.39 Å². The molecule has 3 aromatic rings. The first-order valence-electron chi connectivity index (χ1n) is 5.67. The van der Waals surface area contributed by atoms with Crippen LogP contribution in [0, 0.1) is 17.5 Å².